The summed E-state index contributed by atoms with van der Waals surface area (Å²) in [4.78, 5) is 25.3. The van der Waals surface area contributed by atoms with Gasteiger partial charge in [-0.05, 0) is 43.7 Å². The zero-order chi connectivity index (χ0) is 17.8. The van der Waals surface area contributed by atoms with Gasteiger partial charge in [-0.3, -0.25) is 9.78 Å². The summed E-state index contributed by atoms with van der Waals surface area (Å²) in [5, 5.41) is 2.91. The summed E-state index contributed by atoms with van der Waals surface area (Å²) in [7, 11) is 0. The van der Waals surface area contributed by atoms with Gasteiger partial charge in [0, 0.05) is 12.4 Å². The molecule has 3 rings (SSSR count). The number of hydrogen-bond donors (Lipinski definition) is 1. The van der Waals surface area contributed by atoms with E-state index in [1.165, 1.54) is 18.3 Å². The Morgan fingerprint density at radius 3 is 2.64 bits per heavy atom. The summed E-state index contributed by atoms with van der Waals surface area (Å²) in [6, 6.07) is 10.9. The smallest absolute Gasteiger partial charge is 0.255 e. The number of carbonyl (C=O) groups is 1. The standard InChI is InChI=1S/C19H17FN4O/c1-12-16(11-22-13(2)23-12)19(25)24-18(17-8-3-4-9-21-17)14-6-5-7-15(20)10-14/h3-11,18H,1-2H3,(H,24,25)/t18-/m1/s1. The van der Waals surface area contributed by atoms with Crippen LogP contribution in [-0.2, 0) is 0 Å². The van der Waals surface area contributed by atoms with Gasteiger partial charge in [0.2, 0.25) is 0 Å². The van der Waals surface area contributed by atoms with Crippen molar-refractivity contribution in [2.24, 2.45) is 0 Å². The first kappa shape index (κ1) is 16.7. The number of rotatable bonds is 4. The van der Waals surface area contributed by atoms with Crippen molar-refractivity contribution in [3.05, 3.63) is 89.0 Å². The van der Waals surface area contributed by atoms with Gasteiger partial charge < -0.3 is 5.32 Å². The third-order valence-electron chi connectivity index (χ3n) is 3.79. The van der Waals surface area contributed by atoms with E-state index in [2.05, 4.69) is 20.3 Å². The van der Waals surface area contributed by atoms with E-state index < -0.39 is 6.04 Å². The molecule has 1 N–H and O–H groups in total. The fourth-order valence-corrected chi connectivity index (χ4v) is 2.58. The van der Waals surface area contributed by atoms with Crippen molar-refractivity contribution in [3.63, 3.8) is 0 Å². The number of amides is 1. The molecule has 1 atom stereocenters. The van der Waals surface area contributed by atoms with Gasteiger partial charge in [-0.25, -0.2) is 14.4 Å². The van der Waals surface area contributed by atoms with Crippen LogP contribution in [0.4, 0.5) is 4.39 Å². The highest BCUT2D eigenvalue weighted by Gasteiger charge is 2.21. The molecule has 0 radical (unpaired) electrons. The molecule has 0 fully saturated rings. The number of benzene rings is 1. The molecule has 0 aliphatic rings. The average molecular weight is 336 g/mol. The van der Waals surface area contributed by atoms with Gasteiger partial charge in [0.05, 0.1) is 23.0 Å². The van der Waals surface area contributed by atoms with Crippen LogP contribution in [0.3, 0.4) is 0 Å². The summed E-state index contributed by atoms with van der Waals surface area (Å²) in [6.07, 6.45) is 3.13. The molecule has 1 aromatic carbocycles. The summed E-state index contributed by atoms with van der Waals surface area (Å²) in [5.74, 6) is -0.111. The lowest BCUT2D eigenvalue weighted by Crippen LogP contribution is -2.30. The van der Waals surface area contributed by atoms with Crippen molar-refractivity contribution in [1.29, 1.82) is 0 Å². The summed E-state index contributed by atoms with van der Waals surface area (Å²) < 4.78 is 13.7. The molecule has 0 aliphatic heterocycles. The van der Waals surface area contributed by atoms with Crippen molar-refractivity contribution in [2.75, 3.05) is 0 Å². The maximum Gasteiger partial charge on any atom is 0.255 e. The van der Waals surface area contributed by atoms with Crippen LogP contribution in [0.5, 0.6) is 0 Å². The second-order valence-corrected chi connectivity index (χ2v) is 5.63. The Balaban J connectivity index is 1.96. The Hall–Kier alpha value is -3.15. The van der Waals surface area contributed by atoms with Gasteiger partial charge in [0.15, 0.2) is 0 Å². The van der Waals surface area contributed by atoms with Gasteiger partial charge in [-0.15, -0.1) is 0 Å². The van der Waals surface area contributed by atoms with Crippen LogP contribution >= 0.6 is 0 Å². The van der Waals surface area contributed by atoms with E-state index in [-0.39, 0.29) is 11.7 Å². The molecule has 0 spiro atoms. The number of nitrogens with one attached hydrogen (secondary N) is 1. The van der Waals surface area contributed by atoms with Crippen LogP contribution in [0.1, 0.15) is 39.2 Å². The highest BCUT2D eigenvalue weighted by atomic mass is 19.1. The van der Waals surface area contributed by atoms with Crippen LogP contribution in [-0.4, -0.2) is 20.9 Å². The average Bonchev–Trinajstić information content (AvgIpc) is 2.60. The zero-order valence-corrected chi connectivity index (χ0v) is 13.9. The molecule has 0 saturated heterocycles. The summed E-state index contributed by atoms with van der Waals surface area (Å²) >= 11 is 0. The quantitative estimate of drug-likeness (QED) is 0.795. The molecular weight excluding hydrogens is 319 g/mol. The van der Waals surface area contributed by atoms with Crippen molar-refractivity contribution >= 4 is 5.91 Å². The predicted octanol–water partition coefficient (Wildman–Crippen LogP) is 3.15. The molecule has 25 heavy (non-hydrogen) atoms. The van der Waals surface area contributed by atoms with Gasteiger partial charge in [0.1, 0.15) is 11.6 Å². The van der Waals surface area contributed by atoms with Crippen LogP contribution in [0, 0.1) is 19.7 Å². The predicted molar refractivity (Wildman–Crippen MR) is 91.5 cm³/mol. The molecule has 2 aromatic heterocycles. The molecule has 0 bridgehead atoms. The van der Waals surface area contributed by atoms with Gasteiger partial charge in [-0.1, -0.05) is 18.2 Å². The Bertz CT molecular complexity index is 899. The molecule has 6 heteroatoms. The van der Waals surface area contributed by atoms with Gasteiger partial charge in [-0.2, -0.15) is 0 Å². The Labute approximate surface area is 145 Å². The molecule has 126 valence electrons. The topological polar surface area (TPSA) is 67.8 Å². The zero-order valence-electron chi connectivity index (χ0n) is 13.9. The molecule has 0 aliphatic carbocycles. The first-order valence-corrected chi connectivity index (χ1v) is 7.82. The lowest BCUT2D eigenvalue weighted by molar-refractivity contribution is 0.0940. The van der Waals surface area contributed by atoms with Crippen LogP contribution in [0.15, 0.2) is 54.9 Å². The second-order valence-electron chi connectivity index (χ2n) is 5.63. The number of aromatic nitrogens is 3. The molecule has 1 amide bonds. The molecule has 2 heterocycles. The van der Waals surface area contributed by atoms with E-state index in [4.69, 9.17) is 0 Å². The normalized spacial score (nSPS) is 11.8. The van der Waals surface area contributed by atoms with Crippen molar-refractivity contribution in [2.45, 2.75) is 19.9 Å². The number of carbonyl (C=O) groups excluding carboxylic acids is 1. The van der Waals surface area contributed by atoms with Crippen molar-refractivity contribution < 1.29 is 9.18 Å². The Kier molecular flexibility index (Phi) is 4.79. The van der Waals surface area contributed by atoms with Gasteiger partial charge >= 0.3 is 0 Å². The lowest BCUT2D eigenvalue weighted by Gasteiger charge is -2.19. The van der Waals surface area contributed by atoms with E-state index >= 15 is 0 Å². The fourth-order valence-electron chi connectivity index (χ4n) is 2.58. The first-order valence-electron chi connectivity index (χ1n) is 7.82. The lowest BCUT2D eigenvalue weighted by atomic mass is 10.0. The van der Waals surface area contributed by atoms with Gasteiger partial charge in [0.25, 0.3) is 5.91 Å². The minimum absolute atomic E-state index is 0.336. The van der Waals surface area contributed by atoms with E-state index in [0.717, 1.165) is 0 Å². The molecule has 0 unspecified atom stereocenters. The minimum atomic E-state index is -0.579. The molecule has 3 aromatic rings. The fraction of sp³-hybridized carbons (Fsp3) is 0.158. The summed E-state index contributed by atoms with van der Waals surface area (Å²) in [5.41, 5.74) is 2.19. The van der Waals surface area contributed by atoms with Crippen LogP contribution in [0.25, 0.3) is 0 Å². The number of hydrogen-bond acceptors (Lipinski definition) is 4. The van der Waals surface area contributed by atoms with Crippen LogP contribution in [0.2, 0.25) is 0 Å². The Morgan fingerprint density at radius 1 is 1.12 bits per heavy atom. The monoisotopic (exact) mass is 336 g/mol. The minimum Gasteiger partial charge on any atom is -0.339 e. The van der Waals surface area contributed by atoms with E-state index in [1.807, 2.05) is 6.07 Å². The highest BCUT2D eigenvalue weighted by molar-refractivity contribution is 5.95. The van der Waals surface area contributed by atoms with Crippen molar-refractivity contribution in [1.82, 2.24) is 20.3 Å². The van der Waals surface area contributed by atoms with Crippen LogP contribution < -0.4 is 5.32 Å². The first-order chi connectivity index (χ1) is 12.0. The number of nitrogens with zero attached hydrogens (tertiary/aromatic N) is 3. The highest BCUT2D eigenvalue weighted by Crippen LogP contribution is 2.22. The van der Waals surface area contributed by atoms with E-state index in [9.17, 15) is 9.18 Å². The number of halogens is 1. The SMILES string of the molecule is Cc1ncc(C(=O)N[C@H](c2cccc(F)c2)c2ccccn2)c(C)n1. The largest absolute Gasteiger partial charge is 0.339 e. The third kappa shape index (κ3) is 3.85. The number of pyridine rings is 1. The van der Waals surface area contributed by atoms with Crippen molar-refractivity contribution in [3.8, 4) is 0 Å². The third-order valence-corrected chi connectivity index (χ3v) is 3.79. The Morgan fingerprint density at radius 2 is 1.96 bits per heavy atom. The molecule has 0 saturated carbocycles. The number of aryl methyl sites for hydroxylation is 2. The second kappa shape index (κ2) is 7.17. The van der Waals surface area contributed by atoms with E-state index in [0.29, 0.717) is 28.3 Å². The maximum absolute atomic E-state index is 13.7. The molecule has 5 nitrogen and oxygen atoms in total. The summed E-state index contributed by atoms with van der Waals surface area (Å²) in [6.45, 7) is 3.51. The molecular formula is C19H17FN4O. The van der Waals surface area contributed by atoms with E-state index in [1.54, 1.807) is 44.3 Å². The maximum atomic E-state index is 13.7.